The van der Waals surface area contributed by atoms with Gasteiger partial charge in [-0.05, 0) is 36.6 Å². The Hall–Kier alpha value is -2.66. The van der Waals surface area contributed by atoms with Crippen LogP contribution in [0.2, 0.25) is 0 Å². The first-order valence-electron chi connectivity index (χ1n) is 8.78. The van der Waals surface area contributed by atoms with Gasteiger partial charge in [0.05, 0.1) is 0 Å². The minimum Gasteiger partial charge on any atom is -0.361 e. The predicted molar refractivity (Wildman–Crippen MR) is 98.3 cm³/mol. The Morgan fingerprint density at radius 1 is 1.16 bits per heavy atom. The van der Waals surface area contributed by atoms with Crippen molar-refractivity contribution >= 4 is 16.8 Å². The number of nitrogens with zero attached hydrogens (tertiary/aromatic N) is 2. The molecule has 4 rings (SSSR count). The van der Waals surface area contributed by atoms with Crippen LogP contribution < -0.4 is 5.32 Å². The van der Waals surface area contributed by atoms with Crippen molar-refractivity contribution in [3.63, 3.8) is 0 Å². The average molecular weight is 334 g/mol. The van der Waals surface area contributed by atoms with Gasteiger partial charge in [-0.2, -0.15) is 0 Å². The van der Waals surface area contributed by atoms with Gasteiger partial charge < -0.3 is 10.3 Å². The Morgan fingerprint density at radius 3 is 2.72 bits per heavy atom. The molecule has 0 aliphatic carbocycles. The molecule has 0 saturated carbocycles. The molecule has 1 aromatic carbocycles. The highest BCUT2D eigenvalue weighted by atomic mass is 16.1. The van der Waals surface area contributed by atoms with Crippen LogP contribution in [-0.2, 0) is 6.54 Å². The van der Waals surface area contributed by atoms with Crippen LogP contribution >= 0.6 is 0 Å². The van der Waals surface area contributed by atoms with Crippen molar-refractivity contribution in [1.82, 2.24) is 20.2 Å². The third-order valence-corrected chi connectivity index (χ3v) is 4.93. The Balaban J connectivity index is 1.32. The summed E-state index contributed by atoms with van der Waals surface area (Å²) in [5.74, 6) is -0.00233. The number of carbonyl (C=O) groups is 1. The molecule has 128 valence electrons. The molecule has 25 heavy (non-hydrogen) atoms. The van der Waals surface area contributed by atoms with Crippen LogP contribution in [0.1, 0.15) is 28.8 Å². The van der Waals surface area contributed by atoms with Gasteiger partial charge in [-0.15, -0.1) is 0 Å². The number of rotatable bonds is 4. The van der Waals surface area contributed by atoms with E-state index in [1.54, 1.807) is 24.5 Å². The maximum atomic E-state index is 12.2. The fraction of sp³-hybridized carbons (Fsp3) is 0.300. The third kappa shape index (κ3) is 3.56. The molecule has 1 amide bonds. The number of fused-ring (bicyclic) bond motifs is 1. The second-order valence-electron chi connectivity index (χ2n) is 6.62. The lowest BCUT2D eigenvalue weighted by Gasteiger charge is -2.32. The minimum absolute atomic E-state index is 0.00233. The quantitative estimate of drug-likeness (QED) is 0.771. The van der Waals surface area contributed by atoms with E-state index in [9.17, 15) is 4.79 Å². The number of pyridine rings is 1. The van der Waals surface area contributed by atoms with Gasteiger partial charge in [-0.1, -0.05) is 18.2 Å². The first kappa shape index (κ1) is 15.8. The summed E-state index contributed by atoms with van der Waals surface area (Å²) in [6.45, 7) is 2.95. The number of piperidine rings is 1. The summed E-state index contributed by atoms with van der Waals surface area (Å²) in [4.78, 5) is 22.0. The summed E-state index contributed by atoms with van der Waals surface area (Å²) in [7, 11) is 0. The van der Waals surface area contributed by atoms with Crippen molar-refractivity contribution in [2.75, 3.05) is 13.1 Å². The van der Waals surface area contributed by atoms with Crippen molar-refractivity contribution in [3.8, 4) is 0 Å². The van der Waals surface area contributed by atoms with Gasteiger partial charge in [-0.3, -0.25) is 14.7 Å². The number of hydrogen-bond donors (Lipinski definition) is 2. The Morgan fingerprint density at radius 2 is 1.92 bits per heavy atom. The number of carbonyl (C=O) groups excluding carboxylic acids is 1. The number of aromatic amines is 1. The second kappa shape index (κ2) is 7.07. The molecule has 1 aliphatic rings. The summed E-state index contributed by atoms with van der Waals surface area (Å²) < 4.78 is 0. The molecule has 0 spiro atoms. The summed E-state index contributed by atoms with van der Waals surface area (Å²) in [5, 5.41) is 4.45. The van der Waals surface area contributed by atoms with E-state index in [-0.39, 0.29) is 11.9 Å². The smallest absolute Gasteiger partial charge is 0.251 e. The predicted octanol–water partition coefficient (Wildman–Crippen LogP) is 2.96. The highest BCUT2D eigenvalue weighted by Gasteiger charge is 2.21. The van der Waals surface area contributed by atoms with Gasteiger partial charge in [-0.25, -0.2) is 0 Å². The molecule has 3 aromatic rings. The Kier molecular flexibility index (Phi) is 4.48. The maximum absolute atomic E-state index is 12.2. The molecule has 0 radical (unpaired) electrons. The molecule has 0 unspecified atom stereocenters. The third-order valence-electron chi connectivity index (χ3n) is 4.93. The van der Waals surface area contributed by atoms with E-state index in [4.69, 9.17) is 0 Å². The average Bonchev–Trinajstić information content (AvgIpc) is 3.07. The first-order valence-corrected chi connectivity index (χ1v) is 8.78. The number of aromatic nitrogens is 2. The van der Waals surface area contributed by atoms with E-state index >= 15 is 0 Å². The number of benzene rings is 1. The molecule has 2 aromatic heterocycles. The van der Waals surface area contributed by atoms with E-state index in [0.717, 1.165) is 32.5 Å². The van der Waals surface area contributed by atoms with E-state index < -0.39 is 0 Å². The Labute approximate surface area is 147 Å². The highest BCUT2D eigenvalue weighted by molar-refractivity contribution is 5.94. The molecule has 1 aliphatic heterocycles. The van der Waals surface area contributed by atoms with Crippen LogP contribution in [0.25, 0.3) is 10.9 Å². The van der Waals surface area contributed by atoms with Crippen LogP contribution in [0.4, 0.5) is 0 Å². The molecule has 3 heterocycles. The number of H-pyrrole nitrogens is 1. The number of para-hydroxylation sites is 1. The summed E-state index contributed by atoms with van der Waals surface area (Å²) >= 11 is 0. The van der Waals surface area contributed by atoms with Crippen LogP contribution in [0, 0.1) is 0 Å². The zero-order valence-corrected chi connectivity index (χ0v) is 14.1. The first-order chi connectivity index (χ1) is 12.3. The summed E-state index contributed by atoms with van der Waals surface area (Å²) in [6.07, 6.45) is 7.39. The number of amides is 1. The second-order valence-corrected chi connectivity index (χ2v) is 6.62. The largest absolute Gasteiger partial charge is 0.361 e. The van der Waals surface area contributed by atoms with E-state index in [2.05, 4.69) is 50.6 Å². The van der Waals surface area contributed by atoms with Crippen LogP contribution in [0.15, 0.2) is 55.0 Å². The lowest BCUT2D eigenvalue weighted by molar-refractivity contribution is 0.0909. The monoisotopic (exact) mass is 334 g/mol. The lowest BCUT2D eigenvalue weighted by Crippen LogP contribution is -2.44. The van der Waals surface area contributed by atoms with Crippen LogP contribution in [0.5, 0.6) is 0 Å². The standard InChI is InChI=1S/C20H22N4O/c25-20(15-5-9-21-10-6-15)23-17-7-11-24(12-8-17)14-16-13-22-19-4-2-1-3-18(16)19/h1-6,9-10,13,17,22H,7-8,11-12,14H2,(H,23,25). The SMILES string of the molecule is O=C(NC1CCN(Cc2c[nH]c3ccccc23)CC1)c1ccncc1. The molecule has 1 fully saturated rings. The zero-order chi connectivity index (χ0) is 17.1. The molecule has 0 bridgehead atoms. The van der Waals surface area contributed by atoms with E-state index in [1.165, 1.54) is 16.5 Å². The molecule has 5 heteroatoms. The summed E-state index contributed by atoms with van der Waals surface area (Å²) in [5.41, 5.74) is 3.21. The van der Waals surface area contributed by atoms with Crippen molar-refractivity contribution < 1.29 is 4.79 Å². The van der Waals surface area contributed by atoms with Crippen molar-refractivity contribution in [2.45, 2.75) is 25.4 Å². The molecule has 0 atom stereocenters. The molecule has 1 saturated heterocycles. The Bertz CT molecular complexity index is 850. The van der Waals surface area contributed by atoms with E-state index in [1.807, 2.05) is 0 Å². The number of likely N-dealkylation sites (tertiary alicyclic amines) is 1. The zero-order valence-electron chi connectivity index (χ0n) is 14.1. The van der Waals surface area contributed by atoms with Gasteiger partial charge in [0, 0.05) is 60.7 Å². The van der Waals surface area contributed by atoms with Gasteiger partial charge >= 0.3 is 0 Å². The van der Waals surface area contributed by atoms with Gasteiger partial charge in [0.25, 0.3) is 5.91 Å². The van der Waals surface area contributed by atoms with E-state index in [0.29, 0.717) is 5.56 Å². The lowest BCUT2D eigenvalue weighted by atomic mass is 10.0. The van der Waals surface area contributed by atoms with Gasteiger partial charge in [0.1, 0.15) is 0 Å². The van der Waals surface area contributed by atoms with Crippen molar-refractivity contribution in [3.05, 3.63) is 66.1 Å². The highest BCUT2D eigenvalue weighted by Crippen LogP contribution is 2.21. The number of hydrogen-bond acceptors (Lipinski definition) is 3. The normalized spacial score (nSPS) is 16.2. The summed E-state index contributed by atoms with van der Waals surface area (Å²) in [6, 6.07) is 12.2. The van der Waals surface area contributed by atoms with Gasteiger partial charge in [0.15, 0.2) is 0 Å². The van der Waals surface area contributed by atoms with Crippen molar-refractivity contribution in [2.24, 2.45) is 0 Å². The van der Waals surface area contributed by atoms with Crippen LogP contribution in [-0.4, -0.2) is 39.9 Å². The van der Waals surface area contributed by atoms with Crippen LogP contribution in [0.3, 0.4) is 0 Å². The molecule has 2 N–H and O–H groups in total. The van der Waals surface area contributed by atoms with Crippen molar-refractivity contribution in [1.29, 1.82) is 0 Å². The van der Waals surface area contributed by atoms with Gasteiger partial charge in [0.2, 0.25) is 0 Å². The number of nitrogens with one attached hydrogen (secondary N) is 2. The molecular formula is C20H22N4O. The fourth-order valence-corrected chi connectivity index (χ4v) is 3.51. The molecular weight excluding hydrogens is 312 g/mol. The minimum atomic E-state index is -0.00233. The topological polar surface area (TPSA) is 61.0 Å². The maximum Gasteiger partial charge on any atom is 0.251 e. The fourth-order valence-electron chi connectivity index (χ4n) is 3.51. The molecule has 5 nitrogen and oxygen atoms in total.